The van der Waals surface area contributed by atoms with Crippen molar-refractivity contribution in [3.05, 3.63) is 29.8 Å². The Morgan fingerprint density at radius 2 is 1.95 bits per heavy atom. The van der Waals surface area contributed by atoms with Crippen molar-refractivity contribution in [1.29, 1.82) is 0 Å². The van der Waals surface area contributed by atoms with Crippen LogP contribution in [0.15, 0.2) is 24.3 Å². The molecular formula is C15H20F3NO. The van der Waals surface area contributed by atoms with Gasteiger partial charge in [0.1, 0.15) is 5.75 Å². The molecule has 1 aromatic rings. The molecule has 1 aliphatic rings. The van der Waals surface area contributed by atoms with Crippen molar-refractivity contribution in [3.63, 3.8) is 0 Å². The Hall–Kier alpha value is -1.23. The lowest BCUT2D eigenvalue weighted by atomic mass is 9.85. The smallest absolute Gasteiger partial charge is 0.405 e. The normalized spacial score (nSPS) is 24.6. The molecule has 0 amide bonds. The second-order valence-corrected chi connectivity index (χ2v) is 5.42. The summed E-state index contributed by atoms with van der Waals surface area (Å²) in [6.45, 7) is 2.16. The highest BCUT2D eigenvalue weighted by molar-refractivity contribution is 5.36. The summed E-state index contributed by atoms with van der Waals surface area (Å²) in [5.41, 5.74) is 0.589. The molecule has 0 aliphatic heterocycles. The van der Waals surface area contributed by atoms with E-state index in [1.807, 2.05) is 0 Å². The molecule has 0 spiro atoms. The van der Waals surface area contributed by atoms with Gasteiger partial charge >= 0.3 is 6.36 Å². The summed E-state index contributed by atoms with van der Waals surface area (Å²) < 4.78 is 41.7. The first kappa shape index (κ1) is 15.2. The molecule has 1 N–H and O–H groups in total. The average Bonchev–Trinajstić information content (AvgIpc) is 2.77. The highest BCUT2D eigenvalue weighted by Crippen LogP contribution is 2.42. The Balaban J connectivity index is 2.29. The van der Waals surface area contributed by atoms with Gasteiger partial charge < -0.3 is 10.1 Å². The Labute approximate surface area is 117 Å². The molecule has 1 aromatic carbocycles. The van der Waals surface area contributed by atoms with Crippen LogP contribution < -0.4 is 10.1 Å². The minimum Gasteiger partial charge on any atom is -0.405 e. The van der Waals surface area contributed by atoms with E-state index in [9.17, 15) is 13.2 Å². The van der Waals surface area contributed by atoms with Gasteiger partial charge in [-0.1, -0.05) is 38.0 Å². The van der Waals surface area contributed by atoms with E-state index in [1.165, 1.54) is 6.07 Å². The van der Waals surface area contributed by atoms with Gasteiger partial charge in [0.2, 0.25) is 0 Å². The van der Waals surface area contributed by atoms with E-state index in [0.717, 1.165) is 19.3 Å². The molecule has 0 bridgehead atoms. The molecule has 0 radical (unpaired) electrons. The zero-order valence-electron chi connectivity index (χ0n) is 11.7. The predicted octanol–water partition coefficient (Wildman–Crippen LogP) is 4.28. The second kappa shape index (κ2) is 6.04. The number of para-hydroxylation sites is 1. The molecule has 1 fully saturated rings. The predicted molar refractivity (Wildman–Crippen MR) is 71.4 cm³/mol. The van der Waals surface area contributed by atoms with E-state index in [4.69, 9.17) is 0 Å². The monoisotopic (exact) mass is 287 g/mol. The molecule has 3 unspecified atom stereocenters. The largest absolute Gasteiger partial charge is 0.573 e. The van der Waals surface area contributed by atoms with E-state index < -0.39 is 6.36 Å². The maximum Gasteiger partial charge on any atom is 0.573 e. The Kier molecular flexibility index (Phi) is 4.58. The van der Waals surface area contributed by atoms with Gasteiger partial charge in [0.05, 0.1) is 0 Å². The van der Waals surface area contributed by atoms with Crippen LogP contribution in [0.3, 0.4) is 0 Å². The zero-order chi connectivity index (χ0) is 14.8. The van der Waals surface area contributed by atoms with Crippen LogP contribution in [0.1, 0.15) is 37.8 Å². The highest BCUT2D eigenvalue weighted by Gasteiger charge is 2.36. The molecule has 1 saturated carbocycles. The lowest BCUT2D eigenvalue weighted by Gasteiger charge is -2.28. The first-order valence-corrected chi connectivity index (χ1v) is 6.94. The van der Waals surface area contributed by atoms with Gasteiger partial charge in [-0.3, -0.25) is 0 Å². The molecule has 20 heavy (non-hydrogen) atoms. The zero-order valence-corrected chi connectivity index (χ0v) is 11.7. The van der Waals surface area contributed by atoms with Crippen molar-refractivity contribution in [1.82, 2.24) is 5.32 Å². The maximum atomic E-state index is 12.5. The summed E-state index contributed by atoms with van der Waals surface area (Å²) in [7, 11) is 1.79. The van der Waals surface area contributed by atoms with Crippen LogP contribution in [0, 0.1) is 11.8 Å². The average molecular weight is 287 g/mol. The molecule has 2 nitrogen and oxygen atoms in total. The lowest BCUT2D eigenvalue weighted by molar-refractivity contribution is -0.275. The Morgan fingerprint density at radius 1 is 1.25 bits per heavy atom. The maximum absolute atomic E-state index is 12.5. The lowest BCUT2D eigenvalue weighted by Crippen LogP contribution is -2.28. The SMILES string of the molecule is CNC(c1ccccc1OC(F)(F)F)C1CCCC1C. The first-order chi connectivity index (χ1) is 9.42. The number of nitrogens with one attached hydrogen (secondary N) is 1. The van der Waals surface area contributed by atoms with Crippen molar-refractivity contribution < 1.29 is 17.9 Å². The quantitative estimate of drug-likeness (QED) is 0.892. The standard InChI is InChI=1S/C15H20F3NO/c1-10-6-5-8-11(10)14(19-2)12-7-3-4-9-13(12)20-15(16,17)18/h3-4,7,9-11,14,19H,5-6,8H2,1-2H3. The Morgan fingerprint density at radius 3 is 2.50 bits per heavy atom. The number of alkyl halides is 3. The van der Waals surface area contributed by atoms with Crippen molar-refractivity contribution in [2.24, 2.45) is 11.8 Å². The molecule has 5 heteroatoms. The number of hydrogen-bond donors (Lipinski definition) is 1. The highest BCUT2D eigenvalue weighted by atomic mass is 19.4. The third-order valence-electron chi connectivity index (χ3n) is 4.15. The Bertz CT molecular complexity index is 447. The third kappa shape index (κ3) is 3.45. The first-order valence-electron chi connectivity index (χ1n) is 6.94. The van der Waals surface area contributed by atoms with Crippen LogP contribution >= 0.6 is 0 Å². The molecule has 0 saturated heterocycles. The summed E-state index contributed by atoms with van der Waals surface area (Å²) in [5, 5.41) is 3.17. The van der Waals surface area contributed by atoms with Gasteiger partial charge in [0.25, 0.3) is 0 Å². The van der Waals surface area contributed by atoms with Crippen LogP contribution in [-0.2, 0) is 0 Å². The van der Waals surface area contributed by atoms with Crippen molar-refractivity contribution in [2.45, 2.75) is 38.6 Å². The fourth-order valence-corrected chi connectivity index (χ4v) is 3.22. The van der Waals surface area contributed by atoms with Gasteiger partial charge in [-0.25, -0.2) is 0 Å². The van der Waals surface area contributed by atoms with Gasteiger partial charge in [-0.2, -0.15) is 0 Å². The van der Waals surface area contributed by atoms with Crippen molar-refractivity contribution in [3.8, 4) is 5.75 Å². The third-order valence-corrected chi connectivity index (χ3v) is 4.15. The summed E-state index contributed by atoms with van der Waals surface area (Å²) in [5.74, 6) is 0.753. The summed E-state index contributed by atoms with van der Waals surface area (Å²) in [4.78, 5) is 0. The number of rotatable bonds is 4. The van der Waals surface area contributed by atoms with E-state index in [0.29, 0.717) is 17.4 Å². The second-order valence-electron chi connectivity index (χ2n) is 5.42. The van der Waals surface area contributed by atoms with Crippen LogP contribution in [-0.4, -0.2) is 13.4 Å². The molecule has 0 aromatic heterocycles. The van der Waals surface area contributed by atoms with Gasteiger partial charge in [0, 0.05) is 11.6 Å². The topological polar surface area (TPSA) is 21.3 Å². The van der Waals surface area contributed by atoms with Crippen molar-refractivity contribution in [2.75, 3.05) is 7.05 Å². The number of benzene rings is 1. The van der Waals surface area contributed by atoms with Crippen molar-refractivity contribution >= 4 is 0 Å². The molecular weight excluding hydrogens is 267 g/mol. The minimum atomic E-state index is -4.66. The van der Waals surface area contributed by atoms with Crippen LogP contribution in [0.25, 0.3) is 0 Å². The molecule has 0 heterocycles. The van der Waals surface area contributed by atoms with Gasteiger partial charge in [-0.05, 0) is 31.4 Å². The van der Waals surface area contributed by atoms with Gasteiger partial charge in [-0.15, -0.1) is 13.2 Å². The van der Waals surface area contributed by atoms with E-state index >= 15 is 0 Å². The fourth-order valence-electron chi connectivity index (χ4n) is 3.22. The van der Waals surface area contributed by atoms with Crippen LogP contribution in [0.2, 0.25) is 0 Å². The number of ether oxygens (including phenoxy) is 1. The summed E-state index contributed by atoms with van der Waals surface area (Å²) >= 11 is 0. The van der Waals surface area contributed by atoms with Crippen LogP contribution in [0.4, 0.5) is 13.2 Å². The minimum absolute atomic E-state index is 0.0987. The molecule has 2 rings (SSSR count). The number of halogens is 3. The van der Waals surface area contributed by atoms with Gasteiger partial charge in [0.15, 0.2) is 0 Å². The van der Waals surface area contributed by atoms with Crippen LogP contribution in [0.5, 0.6) is 5.75 Å². The molecule has 112 valence electrons. The molecule has 1 aliphatic carbocycles. The summed E-state index contributed by atoms with van der Waals surface area (Å²) in [6, 6.07) is 6.31. The van der Waals surface area contributed by atoms with E-state index in [1.54, 1.807) is 25.2 Å². The number of hydrogen-bond acceptors (Lipinski definition) is 2. The summed E-state index contributed by atoms with van der Waals surface area (Å²) in [6.07, 6.45) is -1.36. The van der Waals surface area contributed by atoms with E-state index in [2.05, 4.69) is 17.0 Å². The fraction of sp³-hybridized carbons (Fsp3) is 0.600. The van der Waals surface area contributed by atoms with E-state index in [-0.39, 0.29) is 11.8 Å². The molecule has 3 atom stereocenters.